The minimum Gasteiger partial charge on any atom is -0.494 e. The second-order valence-corrected chi connectivity index (χ2v) is 6.30. The third-order valence-electron chi connectivity index (χ3n) is 2.35. The molecule has 100 valence electrons. The lowest BCUT2D eigenvalue weighted by atomic mass is 10.1. The van der Waals surface area contributed by atoms with Crippen molar-refractivity contribution in [2.24, 2.45) is 5.16 Å². The second kappa shape index (κ2) is 6.39. The summed E-state index contributed by atoms with van der Waals surface area (Å²) < 4.78 is 27.2. The van der Waals surface area contributed by atoms with Crippen LogP contribution in [0.2, 0.25) is 0 Å². The summed E-state index contributed by atoms with van der Waals surface area (Å²) in [5.74, 6) is 0.791. The van der Waals surface area contributed by atoms with Gasteiger partial charge in [0.25, 0.3) is 0 Å². The van der Waals surface area contributed by atoms with Crippen molar-refractivity contribution in [2.75, 3.05) is 18.6 Å². The molecule has 0 radical (unpaired) electrons. The Labute approximate surface area is 107 Å². The lowest BCUT2D eigenvalue weighted by Crippen LogP contribution is -2.08. The molecule has 0 aliphatic carbocycles. The van der Waals surface area contributed by atoms with Crippen LogP contribution in [0, 0.1) is 0 Å². The average Bonchev–Trinajstić information content (AvgIpc) is 2.33. The van der Waals surface area contributed by atoms with Crippen molar-refractivity contribution in [3.63, 3.8) is 0 Å². The zero-order valence-electron chi connectivity index (χ0n) is 10.5. The van der Waals surface area contributed by atoms with E-state index in [0.717, 1.165) is 5.56 Å². The van der Waals surface area contributed by atoms with Gasteiger partial charge in [-0.05, 0) is 43.2 Å². The van der Waals surface area contributed by atoms with Gasteiger partial charge in [-0.1, -0.05) is 5.16 Å². The molecule has 0 unspecified atom stereocenters. The van der Waals surface area contributed by atoms with Crippen LogP contribution in [-0.2, 0) is 9.84 Å². The molecule has 0 saturated heterocycles. The number of benzene rings is 1. The normalized spacial score (nSPS) is 12.4. The fourth-order valence-electron chi connectivity index (χ4n) is 1.36. The van der Waals surface area contributed by atoms with E-state index in [0.29, 0.717) is 24.5 Å². The van der Waals surface area contributed by atoms with Crippen LogP contribution in [0.1, 0.15) is 18.9 Å². The Hall–Kier alpha value is -1.56. The van der Waals surface area contributed by atoms with Crippen LogP contribution in [0.5, 0.6) is 5.75 Å². The first kappa shape index (κ1) is 14.5. The molecule has 0 aromatic heterocycles. The van der Waals surface area contributed by atoms with Gasteiger partial charge in [-0.15, -0.1) is 0 Å². The molecule has 6 heteroatoms. The van der Waals surface area contributed by atoms with Gasteiger partial charge in [-0.3, -0.25) is 0 Å². The van der Waals surface area contributed by atoms with E-state index in [1.165, 1.54) is 6.26 Å². The third-order valence-corrected chi connectivity index (χ3v) is 3.38. The Bertz CT molecular complexity index is 505. The summed E-state index contributed by atoms with van der Waals surface area (Å²) in [4.78, 5) is 0. The average molecular weight is 271 g/mol. The van der Waals surface area contributed by atoms with E-state index in [9.17, 15) is 8.42 Å². The van der Waals surface area contributed by atoms with E-state index in [1.54, 1.807) is 31.2 Å². The standard InChI is InChI=1S/C12H17NO4S/c1-10(13-14)11-4-6-12(7-5-11)17-8-3-9-18(2,15)16/h4-7,14H,3,8-9H2,1-2H3. The first-order valence-electron chi connectivity index (χ1n) is 5.52. The van der Waals surface area contributed by atoms with Gasteiger partial charge in [-0.2, -0.15) is 0 Å². The summed E-state index contributed by atoms with van der Waals surface area (Å²) >= 11 is 0. The molecule has 0 fully saturated rings. The maximum absolute atomic E-state index is 10.9. The topological polar surface area (TPSA) is 76.0 Å². The molecule has 1 N–H and O–H groups in total. The van der Waals surface area contributed by atoms with E-state index in [2.05, 4.69) is 5.16 Å². The van der Waals surface area contributed by atoms with E-state index in [4.69, 9.17) is 9.94 Å². The van der Waals surface area contributed by atoms with Crippen LogP contribution in [0.25, 0.3) is 0 Å². The summed E-state index contributed by atoms with van der Waals surface area (Å²) in [5, 5.41) is 11.7. The Balaban J connectivity index is 2.45. The maximum atomic E-state index is 10.9. The first-order chi connectivity index (χ1) is 8.42. The fourth-order valence-corrected chi connectivity index (χ4v) is 2.00. The number of hydrogen-bond acceptors (Lipinski definition) is 5. The summed E-state index contributed by atoms with van der Waals surface area (Å²) in [6.45, 7) is 2.06. The highest BCUT2D eigenvalue weighted by Crippen LogP contribution is 2.13. The molecular weight excluding hydrogens is 254 g/mol. The molecule has 0 aliphatic heterocycles. The van der Waals surface area contributed by atoms with E-state index in [-0.39, 0.29) is 5.75 Å². The molecule has 0 spiro atoms. The Morgan fingerprint density at radius 1 is 1.33 bits per heavy atom. The van der Waals surface area contributed by atoms with Crippen LogP contribution >= 0.6 is 0 Å². The number of rotatable bonds is 6. The monoisotopic (exact) mass is 271 g/mol. The molecule has 1 aromatic carbocycles. The molecule has 0 saturated carbocycles. The molecule has 0 amide bonds. The molecule has 5 nitrogen and oxygen atoms in total. The minimum absolute atomic E-state index is 0.126. The van der Waals surface area contributed by atoms with Crippen molar-refractivity contribution in [3.05, 3.63) is 29.8 Å². The van der Waals surface area contributed by atoms with Crippen LogP contribution in [0.3, 0.4) is 0 Å². The highest BCUT2D eigenvalue weighted by atomic mass is 32.2. The zero-order valence-corrected chi connectivity index (χ0v) is 11.3. The molecule has 0 aliphatic rings. The van der Waals surface area contributed by atoms with Gasteiger partial charge in [0.05, 0.1) is 18.1 Å². The van der Waals surface area contributed by atoms with Crippen molar-refractivity contribution >= 4 is 15.5 Å². The predicted molar refractivity (Wildman–Crippen MR) is 70.3 cm³/mol. The third kappa shape index (κ3) is 5.18. The van der Waals surface area contributed by atoms with E-state index >= 15 is 0 Å². The van der Waals surface area contributed by atoms with Crippen molar-refractivity contribution in [1.82, 2.24) is 0 Å². The van der Waals surface area contributed by atoms with Gasteiger partial charge < -0.3 is 9.94 Å². The number of ether oxygens (including phenoxy) is 1. The zero-order chi connectivity index (χ0) is 13.6. The van der Waals surface area contributed by atoms with Crippen LogP contribution in [0.4, 0.5) is 0 Å². The first-order valence-corrected chi connectivity index (χ1v) is 7.58. The second-order valence-electron chi connectivity index (χ2n) is 4.04. The number of oxime groups is 1. The SMILES string of the molecule is CC(=NO)c1ccc(OCCCS(C)(=O)=O)cc1. The summed E-state index contributed by atoms with van der Waals surface area (Å²) in [7, 11) is -2.92. The molecule has 1 rings (SSSR count). The van der Waals surface area contributed by atoms with Gasteiger partial charge in [0, 0.05) is 6.26 Å². The Morgan fingerprint density at radius 3 is 2.44 bits per heavy atom. The minimum atomic E-state index is -2.92. The van der Waals surface area contributed by atoms with Crippen molar-refractivity contribution in [2.45, 2.75) is 13.3 Å². The van der Waals surface area contributed by atoms with Crippen LogP contribution < -0.4 is 4.74 Å². The van der Waals surface area contributed by atoms with E-state index < -0.39 is 9.84 Å². The van der Waals surface area contributed by atoms with Gasteiger partial charge in [0.1, 0.15) is 15.6 Å². The highest BCUT2D eigenvalue weighted by Gasteiger charge is 2.02. The molecule has 1 aromatic rings. The molecule has 0 bridgehead atoms. The number of nitrogens with zero attached hydrogens (tertiary/aromatic N) is 1. The lowest BCUT2D eigenvalue weighted by Gasteiger charge is -2.06. The summed E-state index contributed by atoms with van der Waals surface area (Å²) in [5.41, 5.74) is 1.33. The number of hydrogen-bond donors (Lipinski definition) is 1. The van der Waals surface area contributed by atoms with Crippen LogP contribution in [0.15, 0.2) is 29.4 Å². The lowest BCUT2D eigenvalue weighted by molar-refractivity contribution is 0.317. The van der Waals surface area contributed by atoms with Gasteiger partial charge in [0.2, 0.25) is 0 Å². The molecule has 0 heterocycles. The van der Waals surface area contributed by atoms with Crippen molar-refractivity contribution < 1.29 is 18.4 Å². The Morgan fingerprint density at radius 2 is 1.94 bits per heavy atom. The molecular formula is C12H17NO4S. The smallest absolute Gasteiger partial charge is 0.147 e. The van der Waals surface area contributed by atoms with Crippen molar-refractivity contribution in [1.29, 1.82) is 0 Å². The summed E-state index contributed by atoms with van der Waals surface area (Å²) in [6.07, 6.45) is 1.68. The van der Waals surface area contributed by atoms with Gasteiger partial charge >= 0.3 is 0 Å². The molecule has 0 atom stereocenters. The summed E-state index contributed by atoms with van der Waals surface area (Å²) in [6, 6.07) is 7.07. The van der Waals surface area contributed by atoms with Gasteiger partial charge in [-0.25, -0.2) is 8.42 Å². The highest BCUT2D eigenvalue weighted by molar-refractivity contribution is 7.90. The quantitative estimate of drug-likeness (QED) is 0.370. The van der Waals surface area contributed by atoms with Gasteiger partial charge in [0.15, 0.2) is 0 Å². The maximum Gasteiger partial charge on any atom is 0.147 e. The number of sulfone groups is 1. The largest absolute Gasteiger partial charge is 0.494 e. The van der Waals surface area contributed by atoms with Crippen molar-refractivity contribution in [3.8, 4) is 5.75 Å². The Kier molecular flexibility index (Phi) is 5.15. The predicted octanol–water partition coefficient (Wildman–Crippen LogP) is 1.70. The molecule has 18 heavy (non-hydrogen) atoms. The fraction of sp³-hybridized carbons (Fsp3) is 0.417. The van der Waals surface area contributed by atoms with E-state index in [1.807, 2.05) is 0 Å². The van der Waals surface area contributed by atoms with Crippen LogP contribution in [-0.4, -0.2) is 38.0 Å².